The summed E-state index contributed by atoms with van der Waals surface area (Å²) in [6.07, 6.45) is 30.6. The van der Waals surface area contributed by atoms with Crippen LogP contribution in [0.4, 0.5) is 0 Å². The molecule has 320 valence electrons. The molecule has 1 N–H and O–H groups in total. The minimum absolute atomic E-state index is 0.152. The first-order valence-electron chi connectivity index (χ1n) is 22.4. The molecule has 0 aliphatic heterocycles. The van der Waals surface area contributed by atoms with Crippen LogP contribution in [0.15, 0.2) is 12.1 Å². The molecule has 1 aromatic carbocycles. The van der Waals surface area contributed by atoms with Crippen LogP contribution in [0.25, 0.3) is 0 Å². The molecule has 9 heteroatoms. The zero-order chi connectivity index (χ0) is 40.4. The highest BCUT2D eigenvalue weighted by atomic mass is 16.6. The summed E-state index contributed by atoms with van der Waals surface area (Å²) in [5.74, 6) is -0.267. The highest BCUT2D eigenvalue weighted by Gasteiger charge is 2.21. The third kappa shape index (κ3) is 27.0. The fourth-order valence-corrected chi connectivity index (χ4v) is 7.07. The van der Waals surface area contributed by atoms with E-state index < -0.39 is 11.9 Å². The van der Waals surface area contributed by atoms with Crippen LogP contribution in [0.1, 0.15) is 191 Å². The van der Waals surface area contributed by atoms with Crippen LogP contribution < -0.4 is 14.2 Å². The summed E-state index contributed by atoms with van der Waals surface area (Å²) in [5.41, 5.74) is 0.267. The lowest BCUT2D eigenvalue weighted by atomic mass is 10.0. The number of carbonyl (C=O) groups is 2. The van der Waals surface area contributed by atoms with E-state index in [1.165, 1.54) is 155 Å². The van der Waals surface area contributed by atoms with Crippen LogP contribution in [0.3, 0.4) is 0 Å². The maximum absolute atomic E-state index is 13.1. The number of hydrogen-bond acceptors (Lipinski definition) is 9. The number of rotatable bonds is 38. The first kappa shape index (κ1) is 50.7. The normalized spacial score (nSPS) is 12.0. The van der Waals surface area contributed by atoms with Crippen molar-refractivity contribution in [3.63, 3.8) is 0 Å². The van der Waals surface area contributed by atoms with E-state index in [4.69, 9.17) is 18.9 Å². The third-order valence-corrected chi connectivity index (χ3v) is 10.4. The van der Waals surface area contributed by atoms with E-state index in [2.05, 4.69) is 18.7 Å². The van der Waals surface area contributed by atoms with Crippen molar-refractivity contribution in [2.45, 2.75) is 187 Å². The number of aliphatic hydroxyl groups is 1. The summed E-state index contributed by atoms with van der Waals surface area (Å²) in [5, 5.41) is 11.0. The number of ether oxygens (including phenoxy) is 4. The molecular weight excluding hydrogens is 693 g/mol. The van der Waals surface area contributed by atoms with Gasteiger partial charge in [0.2, 0.25) is 5.75 Å². The molecule has 0 aliphatic rings. The van der Waals surface area contributed by atoms with Crippen molar-refractivity contribution >= 4 is 11.9 Å². The van der Waals surface area contributed by atoms with Gasteiger partial charge in [0.25, 0.3) is 0 Å². The van der Waals surface area contributed by atoms with Crippen LogP contribution in [-0.2, 0) is 9.53 Å². The quantitative estimate of drug-likeness (QED) is 0.0400. The monoisotopic (exact) mass is 777 g/mol. The minimum atomic E-state index is -0.489. The molecule has 0 aromatic heterocycles. The van der Waals surface area contributed by atoms with Gasteiger partial charge in [-0.25, -0.2) is 4.79 Å². The smallest absolute Gasteiger partial charge is 0.338 e. The van der Waals surface area contributed by atoms with Crippen LogP contribution in [-0.4, -0.2) is 94.0 Å². The van der Waals surface area contributed by atoms with Gasteiger partial charge in [-0.1, -0.05) is 149 Å². The summed E-state index contributed by atoms with van der Waals surface area (Å²) in [7, 11) is 6.87. The Hall–Kier alpha value is -2.36. The fraction of sp³-hybridized carbons (Fsp3) is 0.826. The van der Waals surface area contributed by atoms with E-state index in [1.807, 2.05) is 19.0 Å². The summed E-state index contributed by atoms with van der Waals surface area (Å²) in [4.78, 5) is 30.2. The second kappa shape index (κ2) is 34.9. The Kier molecular flexibility index (Phi) is 32.1. The molecule has 1 rings (SSSR count). The predicted molar refractivity (Wildman–Crippen MR) is 228 cm³/mol. The van der Waals surface area contributed by atoms with E-state index in [1.54, 1.807) is 0 Å². The van der Waals surface area contributed by atoms with Crippen molar-refractivity contribution in [1.29, 1.82) is 0 Å². The second-order valence-electron chi connectivity index (χ2n) is 15.9. The van der Waals surface area contributed by atoms with Gasteiger partial charge in [0.05, 0.1) is 32.5 Å². The zero-order valence-electron chi connectivity index (χ0n) is 36.4. The van der Waals surface area contributed by atoms with Gasteiger partial charge in [0, 0.05) is 19.5 Å². The van der Waals surface area contributed by atoms with E-state index in [9.17, 15) is 14.7 Å². The molecule has 0 amide bonds. The Morgan fingerprint density at radius 1 is 0.618 bits per heavy atom. The topological polar surface area (TPSA) is 97.8 Å². The Morgan fingerprint density at radius 3 is 1.55 bits per heavy atom. The van der Waals surface area contributed by atoms with Gasteiger partial charge >= 0.3 is 11.9 Å². The Morgan fingerprint density at radius 2 is 1.07 bits per heavy atom. The van der Waals surface area contributed by atoms with Crippen LogP contribution in [0.2, 0.25) is 0 Å². The molecule has 0 spiro atoms. The zero-order valence-corrected chi connectivity index (χ0v) is 36.4. The Bertz CT molecular complexity index is 1060. The largest absolute Gasteiger partial charge is 0.493 e. The van der Waals surface area contributed by atoms with Crippen molar-refractivity contribution in [2.75, 3.05) is 61.1 Å². The van der Waals surface area contributed by atoms with E-state index in [0.29, 0.717) is 19.6 Å². The molecule has 0 bridgehead atoms. The first-order chi connectivity index (χ1) is 26.7. The molecule has 55 heavy (non-hydrogen) atoms. The molecule has 0 heterocycles. The molecule has 9 nitrogen and oxygen atoms in total. The summed E-state index contributed by atoms with van der Waals surface area (Å²) < 4.78 is 22.2. The SMILES string of the molecule is CCCCCCCCCCCCCCN(CCCC(=O)Oc1c(OC)cc(C(=O)OCCCN(C)C)cc1OC)CC(O)CCCCCCCCCCCC. The number of aliphatic hydroxyl groups excluding tert-OH is 1. The number of unbranched alkanes of at least 4 members (excludes halogenated alkanes) is 20. The molecule has 1 unspecified atom stereocenters. The average molecular weight is 777 g/mol. The molecule has 0 saturated heterocycles. The minimum Gasteiger partial charge on any atom is -0.493 e. The fourth-order valence-electron chi connectivity index (χ4n) is 7.07. The van der Waals surface area contributed by atoms with Crippen molar-refractivity contribution in [3.05, 3.63) is 17.7 Å². The summed E-state index contributed by atoms with van der Waals surface area (Å²) in [6.45, 7) is 7.92. The van der Waals surface area contributed by atoms with Gasteiger partial charge in [-0.15, -0.1) is 0 Å². The van der Waals surface area contributed by atoms with Gasteiger partial charge in [-0.3, -0.25) is 4.79 Å². The van der Waals surface area contributed by atoms with Crippen molar-refractivity contribution in [2.24, 2.45) is 0 Å². The number of benzene rings is 1. The molecule has 0 fully saturated rings. The maximum Gasteiger partial charge on any atom is 0.338 e. The van der Waals surface area contributed by atoms with Crippen LogP contribution in [0, 0.1) is 0 Å². The average Bonchev–Trinajstić information content (AvgIpc) is 3.17. The lowest BCUT2D eigenvalue weighted by Gasteiger charge is -2.25. The molecule has 0 radical (unpaired) electrons. The highest BCUT2D eigenvalue weighted by Crippen LogP contribution is 2.39. The first-order valence-corrected chi connectivity index (χ1v) is 22.4. The van der Waals surface area contributed by atoms with Crippen LogP contribution >= 0.6 is 0 Å². The third-order valence-electron chi connectivity index (χ3n) is 10.4. The van der Waals surface area contributed by atoms with Crippen molar-refractivity contribution in [1.82, 2.24) is 9.80 Å². The van der Waals surface area contributed by atoms with E-state index in [0.717, 1.165) is 45.3 Å². The predicted octanol–water partition coefficient (Wildman–Crippen LogP) is 11.2. The molecule has 1 aromatic rings. The van der Waals surface area contributed by atoms with E-state index >= 15 is 0 Å². The van der Waals surface area contributed by atoms with Crippen molar-refractivity contribution in [3.8, 4) is 17.2 Å². The molecule has 1 atom stereocenters. The number of nitrogens with zero attached hydrogens (tertiary/aromatic N) is 2. The van der Waals surface area contributed by atoms with Gasteiger partial charge in [-0.2, -0.15) is 0 Å². The number of carbonyl (C=O) groups excluding carboxylic acids is 2. The van der Waals surface area contributed by atoms with Crippen LogP contribution in [0.5, 0.6) is 17.2 Å². The highest BCUT2D eigenvalue weighted by molar-refractivity contribution is 5.91. The van der Waals surface area contributed by atoms with Gasteiger partial charge in [0.1, 0.15) is 0 Å². The lowest BCUT2D eigenvalue weighted by Crippen LogP contribution is -2.34. The van der Waals surface area contributed by atoms with E-state index in [-0.39, 0.29) is 35.3 Å². The summed E-state index contributed by atoms with van der Waals surface area (Å²) in [6, 6.07) is 3.04. The summed E-state index contributed by atoms with van der Waals surface area (Å²) >= 11 is 0. The molecule has 0 aliphatic carbocycles. The number of hydrogen-bond donors (Lipinski definition) is 1. The standard InChI is InChI=1S/C46H84N2O7/c1-7-9-11-13-15-17-19-20-22-24-26-28-34-48(39-41(49)31-27-25-23-21-18-16-14-12-10-8-2)35-29-32-44(50)55-45-42(52-5)37-40(38-43(45)53-6)46(51)54-36-30-33-47(3)4/h37-38,41,49H,7-36,39H2,1-6H3. The lowest BCUT2D eigenvalue weighted by molar-refractivity contribution is -0.134. The van der Waals surface area contributed by atoms with Gasteiger partial charge < -0.3 is 33.9 Å². The van der Waals surface area contributed by atoms with Crippen molar-refractivity contribution < 1.29 is 33.6 Å². The number of esters is 2. The molecular formula is C46H84N2O7. The Labute approximate surface area is 337 Å². The number of methoxy groups -OCH3 is 2. The Balaban J connectivity index is 2.62. The van der Waals surface area contributed by atoms with Gasteiger partial charge in [-0.05, 0) is 65.0 Å². The van der Waals surface area contributed by atoms with Gasteiger partial charge in [0.15, 0.2) is 11.5 Å². The maximum atomic E-state index is 13.1. The second-order valence-corrected chi connectivity index (χ2v) is 15.9. The molecule has 0 saturated carbocycles.